The lowest BCUT2D eigenvalue weighted by Gasteiger charge is -2.42. The molecule has 8 heteroatoms. The fraction of sp³-hybridized carbons (Fsp3) is 0.0909. The summed E-state index contributed by atoms with van der Waals surface area (Å²) in [5.74, 6) is -0.726. The van der Waals surface area contributed by atoms with Crippen LogP contribution in [0, 0.1) is 0 Å². The van der Waals surface area contributed by atoms with Crippen LogP contribution in [-0.4, -0.2) is 17.0 Å². The molecule has 3 N–H and O–H groups in total. The van der Waals surface area contributed by atoms with Gasteiger partial charge in [-0.25, -0.2) is 4.79 Å². The Hall–Kier alpha value is -2.87. The smallest absolute Gasteiger partial charge is 0.329 e. The normalized spacial score (nSPS) is 17.8. The van der Waals surface area contributed by atoms with Crippen molar-refractivity contribution >= 4 is 50.8 Å². The molecule has 1 aliphatic heterocycles. The van der Waals surface area contributed by atoms with E-state index in [1.54, 1.807) is 42.5 Å². The number of aliphatic hydroxyl groups is 1. The van der Waals surface area contributed by atoms with E-state index in [0.29, 0.717) is 20.9 Å². The fourth-order valence-corrected chi connectivity index (χ4v) is 3.86. The van der Waals surface area contributed by atoms with E-state index in [0.717, 1.165) is 10.5 Å². The molecule has 3 aromatic carbocycles. The molecule has 30 heavy (non-hydrogen) atoms. The molecular weight excluding hydrogens is 470 g/mol. The van der Waals surface area contributed by atoms with Gasteiger partial charge in [0.15, 0.2) is 0 Å². The number of carbonyl (C=O) groups is 2. The van der Waals surface area contributed by atoms with Gasteiger partial charge < -0.3 is 15.7 Å². The molecule has 0 saturated heterocycles. The highest BCUT2D eigenvalue weighted by atomic mass is 79.9. The Morgan fingerprint density at radius 1 is 1.10 bits per heavy atom. The van der Waals surface area contributed by atoms with E-state index in [2.05, 4.69) is 26.6 Å². The van der Waals surface area contributed by atoms with Crippen LogP contribution in [0.5, 0.6) is 0 Å². The second-order valence-electron chi connectivity index (χ2n) is 6.77. The molecule has 0 unspecified atom stereocenters. The van der Waals surface area contributed by atoms with E-state index >= 15 is 0 Å². The minimum Gasteiger partial charge on any atom is -0.359 e. The topological polar surface area (TPSA) is 81.7 Å². The molecule has 1 heterocycles. The molecule has 1 atom stereocenters. The lowest BCUT2D eigenvalue weighted by atomic mass is 9.94. The Kier molecular flexibility index (Phi) is 5.51. The van der Waals surface area contributed by atoms with Crippen molar-refractivity contribution in [3.63, 3.8) is 0 Å². The van der Waals surface area contributed by atoms with Crippen molar-refractivity contribution in [3.05, 3.63) is 93.4 Å². The number of hydrogen-bond donors (Lipinski definition) is 3. The largest absolute Gasteiger partial charge is 0.359 e. The molecule has 1 aliphatic rings. The van der Waals surface area contributed by atoms with Crippen LogP contribution in [0.15, 0.2) is 77.3 Å². The Balaban J connectivity index is 1.79. The van der Waals surface area contributed by atoms with Crippen LogP contribution in [0.1, 0.15) is 11.1 Å². The molecule has 3 amide bonds. The van der Waals surface area contributed by atoms with Crippen molar-refractivity contribution < 1.29 is 14.7 Å². The molecule has 0 fully saturated rings. The van der Waals surface area contributed by atoms with Crippen LogP contribution in [0.4, 0.5) is 16.2 Å². The number of nitrogens with one attached hydrogen (secondary N) is 2. The van der Waals surface area contributed by atoms with E-state index in [-0.39, 0.29) is 12.1 Å². The van der Waals surface area contributed by atoms with E-state index in [9.17, 15) is 14.7 Å². The minimum atomic E-state index is -2.27. The average Bonchev–Trinajstić information content (AvgIpc) is 2.74. The van der Waals surface area contributed by atoms with Crippen molar-refractivity contribution in [2.75, 3.05) is 10.2 Å². The number of benzene rings is 3. The Morgan fingerprint density at radius 2 is 1.80 bits per heavy atom. The zero-order chi connectivity index (χ0) is 21.3. The Labute approximate surface area is 186 Å². The summed E-state index contributed by atoms with van der Waals surface area (Å²) in [6.45, 7) is 0.196. The first kappa shape index (κ1) is 20.4. The van der Waals surface area contributed by atoms with Gasteiger partial charge in [0.05, 0.1) is 5.69 Å². The Bertz CT molecular complexity index is 1110. The summed E-state index contributed by atoms with van der Waals surface area (Å²) in [6, 6.07) is 20.0. The van der Waals surface area contributed by atoms with Crippen LogP contribution in [0.3, 0.4) is 0 Å². The van der Waals surface area contributed by atoms with E-state index in [4.69, 9.17) is 11.6 Å². The summed E-state index contributed by atoms with van der Waals surface area (Å²) in [6.07, 6.45) is 0. The standard InChI is InChI=1S/C22H17BrClN3O3/c23-15-6-11-19-18(12-15)22(30,20(28)25-13-14-4-2-1-3-5-14)27(21(29)26-19)17-9-7-16(24)8-10-17/h1-12,30H,13H2,(H,25,28)(H,26,29)/t22-/m1/s1. The van der Waals surface area contributed by atoms with Gasteiger partial charge in [-0.15, -0.1) is 0 Å². The number of halogens is 2. The zero-order valence-corrected chi connectivity index (χ0v) is 17.9. The van der Waals surface area contributed by atoms with Gasteiger partial charge in [-0.3, -0.25) is 9.69 Å². The summed E-state index contributed by atoms with van der Waals surface area (Å²) < 4.78 is 0.655. The van der Waals surface area contributed by atoms with Gasteiger partial charge in [-0.1, -0.05) is 57.9 Å². The van der Waals surface area contributed by atoms with Crippen LogP contribution in [0.25, 0.3) is 0 Å². The van der Waals surface area contributed by atoms with Gasteiger partial charge in [0.25, 0.3) is 11.6 Å². The fourth-order valence-electron chi connectivity index (χ4n) is 3.37. The second-order valence-corrected chi connectivity index (χ2v) is 8.12. The van der Waals surface area contributed by atoms with Crippen molar-refractivity contribution in [2.24, 2.45) is 0 Å². The van der Waals surface area contributed by atoms with Crippen molar-refractivity contribution in [2.45, 2.75) is 12.3 Å². The third-order valence-corrected chi connectivity index (χ3v) is 5.57. The molecule has 152 valence electrons. The van der Waals surface area contributed by atoms with Crippen LogP contribution < -0.4 is 15.5 Å². The predicted octanol–water partition coefficient (Wildman–Crippen LogP) is 4.62. The lowest BCUT2D eigenvalue weighted by molar-refractivity contribution is -0.140. The number of amides is 3. The number of urea groups is 1. The van der Waals surface area contributed by atoms with Gasteiger partial charge in [0.1, 0.15) is 0 Å². The van der Waals surface area contributed by atoms with Gasteiger partial charge in [-0.2, -0.15) is 0 Å². The predicted molar refractivity (Wildman–Crippen MR) is 119 cm³/mol. The minimum absolute atomic E-state index is 0.196. The first-order valence-corrected chi connectivity index (χ1v) is 10.3. The number of anilines is 2. The van der Waals surface area contributed by atoms with Gasteiger partial charge in [-0.05, 0) is 48.0 Å². The summed E-state index contributed by atoms with van der Waals surface area (Å²) in [5.41, 5.74) is -0.491. The highest BCUT2D eigenvalue weighted by Crippen LogP contribution is 2.41. The number of carbonyl (C=O) groups excluding carboxylic acids is 2. The quantitative estimate of drug-likeness (QED) is 0.503. The summed E-state index contributed by atoms with van der Waals surface area (Å²) in [4.78, 5) is 27.3. The molecule has 0 radical (unpaired) electrons. The van der Waals surface area contributed by atoms with Gasteiger partial charge >= 0.3 is 6.03 Å². The first-order valence-electron chi connectivity index (χ1n) is 9.11. The lowest BCUT2D eigenvalue weighted by Crippen LogP contribution is -2.62. The van der Waals surface area contributed by atoms with Crippen LogP contribution in [-0.2, 0) is 17.1 Å². The highest BCUT2D eigenvalue weighted by Gasteiger charge is 2.52. The molecular formula is C22H17BrClN3O3. The van der Waals surface area contributed by atoms with E-state index in [1.165, 1.54) is 0 Å². The monoisotopic (exact) mass is 485 g/mol. The maximum absolute atomic E-state index is 13.3. The maximum Gasteiger partial charge on any atom is 0.329 e. The molecule has 3 aromatic rings. The maximum atomic E-state index is 13.3. The van der Waals surface area contributed by atoms with E-state index < -0.39 is 17.7 Å². The molecule has 0 saturated carbocycles. The van der Waals surface area contributed by atoms with Crippen molar-refractivity contribution in [1.82, 2.24) is 5.32 Å². The molecule has 0 aliphatic carbocycles. The van der Waals surface area contributed by atoms with Crippen molar-refractivity contribution in [3.8, 4) is 0 Å². The number of fused-ring (bicyclic) bond motifs is 1. The summed E-state index contributed by atoms with van der Waals surface area (Å²) in [5, 5.41) is 17.7. The molecule has 0 bridgehead atoms. The summed E-state index contributed by atoms with van der Waals surface area (Å²) >= 11 is 9.35. The zero-order valence-electron chi connectivity index (χ0n) is 15.6. The highest BCUT2D eigenvalue weighted by molar-refractivity contribution is 9.10. The Morgan fingerprint density at radius 3 is 2.50 bits per heavy atom. The molecule has 6 nitrogen and oxygen atoms in total. The third kappa shape index (κ3) is 3.67. The SMILES string of the molecule is O=C1Nc2ccc(Br)cc2[C@@](O)(C(=O)NCc2ccccc2)N1c1ccc(Cl)cc1. The second kappa shape index (κ2) is 8.10. The van der Waals surface area contributed by atoms with E-state index in [1.807, 2.05) is 30.3 Å². The molecule has 0 aromatic heterocycles. The summed E-state index contributed by atoms with van der Waals surface area (Å²) in [7, 11) is 0. The molecule has 0 spiro atoms. The van der Waals surface area contributed by atoms with Crippen LogP contribution in [0.2, 0.25) is 5.02 Å². The third-order valence-electron chi connectivity index (χ3n) is 4.82. The van der Waals surface area contributed by atoms with Crippen LogP contribution >= 0.6 is 27.5 Å². The number of hydrogen-bond acceptors (Lipinski definition) is 3. The van der Waals surface area contributed by atoms with Gasteiger partial charge in [0.2, 0.25) is 0 Å². The van der Waals surface area contributed by atoms with Gasteiger partial charge in [0, 0.05) is 27.3 Å². The first-order chi connectivity index (χ1) is 14.4. The number of rotatable bonds is 4. The molecule has 4 rings (SSSR count). The number of nitrogens with zero attached hydrogens (tertiary/aromatic N) is 1. The van der Waals surface area contributed by atoms with Crippen molar-refractivity contribution in [1.29, 1.82) is 0 Å². The average molecular weight is 487 g/mol.